The van der Waals surface area contributed by atoms with Gasteiger partial charge in [-0.15, -0.1) is 11.3 Å². The van der Waals surface area contributed by atoms with Crippen LogP contribution in [-0.2, 0) is 0 Å². The second-order valence-corrected chi connectivity index (χ2v) is 8.81. The summed E-state index contributed by atoms with van der Waals surface area (Å²) >= 11 is 1.92. The lowest BCUT2D eigenvalue weighted by Gasteiger charge is -2.33. The Balaban J connectivity index is 1.28. The topological polar surface area (TPSA) is 30.7 Å². The summed E-state index contributed by atoms with van der Waals surface area (Å²) < 4.78 is 2.42. The lowest BCUT2D eigenvalue weighted by atomic mass is 9.75. The van der Waals surface area contributed by atoms with Crippen molar-refractivity contribution in [3.8, 4) is 11.3 Å². The van der Waals surface area contributed by atoms with E-state index in [1.54, 1.807) is 4.88 Å². The first kappa shape index (κ1) is 15.6. The van der Waals surface area contributed by atoms with Crippen LogP contribution in [-0.4, -0.2) is 14.5 Å². The smallest absolute Gasteiger partial charge is 0.0957 e. The quantitative estimate of drug-likeness (QED) is 0.430. The maximum Gasteiger partial charge on any atom is 0.0957 e. The maximum absolute atomic E-state index is 4.54. The molecule has 1 fully saturated rings. The molecular formula is C23H21N3S. The van der Waals surface area contributed by atoms with E-state index in [9.17, 15) is 0 Å². The van der Waals surface area contributed by atoms with E-state index in [0.717, 1.165) is 5.52 Å². The van der Waals surface area contributed by atoms with Crippen LogP contribution in [0.3, 0.4) is 0 Å². The monoisotopic (exact) mass is 371 g/mol. The van der Waals surface area contributed by atoms with E-state index in [2.05, 4.69) is 56.3 Å². The van der Waals surface area contributed by atoms with Gasteiger partial charge in [0.15, 0.2) is 0 Å². The number of pyridine rings is 1. The molecule has 0 saturated heterocycles. The van der Waals surface area contributed by atoms with Crippen LogP contribution < -0.4 is 0 Å². The average molecular weight is 372 g/mol. The Morgan fingerprint density at radius 2 is 1.89 bits per heavy atom. The fourth-order valence-electron chi connectivity index (χ4n) is 5.28. The van der Waals surface area contributed by atoms with E-state index in [0.29, 0.717) is 17.9 Å². The highest BCUT2D eigenvalue weighted by atomic mass is 32.1. The van der Waals surface area contributed by atoms with Crippen LogP contribution >= 0.6 is 11.3 Å². The standard InChI is InChI=1S/C23H21N3S/c1-2-4-20-18(3-1)17(9-11-25-20)15-5-7-16(8-6-15)22-23-19(10-12-27-23)21-13-24-14-26(21)22/h1-4,9-16,22H,5-8H2. The summed E-state index contributed by atoms with van der Waals surface area (Å²) in [4.78, 5) is 10.5. The molecule has 4 heteroatoms. The molecule has 6 rings (SSSR count). The van der Waals surface area contributed by atoms with Crippen molar-refractivity contribution in [1.29, 1.82) is 0 Å². The Morgan fingerprint density at radius 3 is 2.81 bits per heavy atom. The molecule has 1 saturated carbocycles. The predicted octanol–water partition coefficient (Wildman–Crippen LogP) is 6.04. The minimum Gasteiger partial charge on any atom is -0.322 e. The van der Waals surface area contributed by atoms with Crippen molar-refractivity contribution < 1.29 is 0 Å². The molecule has 0 N–H and O–H groups in total. The van der Waals surface area contributed by atoms with Crippen molar-refractivity contribution in [3.63, 3.8) is 0 Å². The molecular weight excluding hydrogens is 350 g/mol. The minimum absolute atomic E-state index is 0.493. The lowest BCUT2D eigenvalue weighted by molar-refractivity contribution is 0.268. The molecule has 134 valence electrons. The largest absolute Gasteiger partial charge is 0.322 e. The summed E-state index contributed by atoms with van der Waals surface area (Å²) in [6.45, 7) is 0. The highest BCUT2D eigenvalue weighted by Crippen LogP contribution is 2.51. The summed E-state index contributed by atoms with van der Waals surface area (Å²) in [5.41, 5.74) is 5.33. The first-order valence-electron chi connectivity index (χ1n) is 9.83. The van der Waals surface area contributed by atoms with Crippen molar-refractivity contribution in [3.05, 3.63) is 70.9 Å². The summed E-state index contributed by atoms with van der Waals surface area (Å²) in [6.07, 6.45) is 11.1. The molecule has 0 amide bonds. The van der Waals surface area contributed by atoms with Gasteiger partial charge in [0.25, 0.3) is 0 Å². The van der Waals surface area contributed by atoms with Gasteiger partial charge in [0.05, 0.1) is 29.8 Å². The van der Waals surface area contributed by atoms with Gasteiger partial charge in [0.1, 0.15) is 0 Å². The van der Waals surface area contributed by atoms with E-state index in [1.807, 2.05) is 30.1 Å². The van der Waals surface area contributed by atoms with Crippen LogP contribution in [0.5, 0.6) is 0 Å². The molecule has 1 aromatic carbocycles. The Kier molecular flexibility index (Phi) is 3.48. The predicted molar refractivity (Wildman–Crippen MR) is 110 cm³/mol. The molecule has 0 radical (unpaired) electrons. The molecule has 4 aromatic rings. The van der Waals surface area contributed by atoms with Gasteiger partial charge >= 0.3 is 0 Å². The van der Waals surface area contributed by atoms with Gasteiger partial charge in [0.2, 0.25) is 0 Å². The number of hydrogen-bond acceptors (Lipinski definition) is 3. The fourth-order valence-corrected chi connectivity index (χ4v) is 6.38. The zero-order chi connectivity index (χ0) is 17.8. The third-order valence-corrected chi connectivity index (χ3v) is 7.53. The van der Waals surface area contributed by atoms with Crippen molar-refractivity contribution in [1.82, 2.24) is 14.5 Å². The van der Waals surface area contributed by atoms with Crippen molar-refractivity contribution in [2.24, 2.45) is 5.92 Å². The number of thiophene rings is 1. The van der Waals surface area contributed by atoms with Crippen LogP contribution in [0.1, 0.15) is 48.1 Å². The molecule has 1 unspecified atom stereocenters. The average Bonchev–Trinajstić information content (AvgIpc) is 3.42. The number of fused-ring (bicyclic) bond motifs is 4. The summed E-state index contributed by atoms with van der Waals surface area (Å²) in [5, 5.41) is 3.57. The van der Waals surface area contributed by atoms with E-state index in [4.69, 9.17) is 0 Å². The lowest BCUT2D eigenvalue weighted by Crippen LogP contribution is -2.22. The molecule has 1 aliphatic carbocycles. The summed E-state index contributed by atoms with van der Waals surface area (Å²) in [5.74, 6) is 1.36. The molecule has 0 spiro atoms. The molecule has 3 aromatic heterocycles. The van der Waals surface area contributed by atoms with Gasteiger partial charge in [-0.05, 0) is 66.7 Å². The van der Waals surface area contributed by atoms with Crippen LogP contribution in [0.4, 0.5) is 0 Å². The van der Waals surface area contributed by atoms with E-state index >= 15 is 0 Å². The van der Waals surface area contributed by atoms with Crippen LogP contribution in [0.25, 0.3) is 22.2 Å². The van der Waals surface area contributed by atoms with E-state index in [-0.39, 0.29) is 0 Å². The van der Waals surface area contributed by atoms with E-state index < -0.39 is 0 Å². The first-order chi connectivity index (χ1) is 13.4. The molecule has 27 heavy (non-hydrogen) atoms. The first-order valence-corrected chi connectivity index (χ1v) is 10.7. The van der Waals surface area contributed by atoms with Gasteiger partial charge in [-0.1, -0.05) is 18.2 Å². The normalized spacial score (nSPS) is 24.1. The highest BCUT2D eigenvalue weighted by Gasteiger charge is 2.37. The van der Waals surface area contributed by atoms with Crippen molar-refractivity contribution >= 4 is 22.2 Å². The fraction of sp³-hybridized carbons (Fsp3) is 0.304. The number of aromatic nitrogens is 3. The van der Waals surface area contributed by atoms with Gasteiger partial charge in [0, 0.05) is 22.0 Å². The third kappa shape index (κ3) is 2.32. The Labute approximate surface area is 162 Å². The van der Waals surface area contributed by atoms with E-state index in [1.165, 1.54) is 47.9 Å². The van der Waals surface area contributed by atoms with Crippen molar-refractivity contribution in [2.75, 3.05) is 0 Å². The Hall–Kier alpha value is -2.46. The molecule has 1 aliphatic heterocycles. The van der Waals surface area contributed by atoms with Crippen LogP contribution in [0.15, 0.2) is 60.5 Å². The molecule has 0 bridgehead atoms. The van der Waals surface area contributed by atoms with Crippen LogP contribution in [0.2, 0.25) is 0 Å². The zero-order valence-electron chi connectivity index (χ0n) is 15.1. The summed E-state index contributed by atoms with van der Waals surface area (Å²) in [7, 11) is 0. The molecule has 1 atom stereocenters. The second-order valence-electron chi connectivity index (χ2n) is 7.86. The SMILES string of the molecule is c1ccc2c(C3CCC(C4c5sccc5-c5cncn54)CC3)ccnc2c1. The van der Waals surface area contributed by atoms with Gasteiger partial charge in [-0.2, -0.15) is 0 Å². The highest BCUT2D eigenvalue weighted by molar-refractivity contribution is 7.10. The van der Waals surface area contributed by atoms with Gasteiger partial charge in [-0.25, -0.2) is 4.98 Å². The third-order valence-electron chi connectivity index (χ3n) is 6.55. The number of para-hydroxylation sites is 1. The minimum atomic E-state index is 0.493. The van der Waals surface area contributed by atoms with Crippen LogP contribution in [0, 0.1) is 5.92 Å². The second kappa shape index (κ2) is 6.03. The number of hydrogen-bond donors (Lipinski definition) is 0. The van der Waals surface area contributed by atoms with Gasteiger partial charge < -0.3 is 4.57 Å². The molecule has 3 nitrogen and oxygen atoms in total. The number of imidazole rings is 1. The number of rotatable bonds is 2. The number of nitrogens with zero attached hydrogens (tertiary/aromatic N) is 3. The number of benzene rings is 1. The van der Waals surface area contributed by atoms with Crippen molar-refractivity contribution in [2.45, 2.75) is 37.6 Å². The zero-order valence-corrected chi connectivity index (χ0v) is 15.9. The Morgan fingerprint density at radius 1 is 1.00 bits per heavy atom. The molecule has 4 heterocycles. The molecule has 2 aliphatic rings. The Bertz CT molecular complexity index is 1070. The maximum atomic E-state index is 4.54. The summed E-state index contributed by atoms with van der Waals surface area (Å²) in [6, 6.07) is 13.6. The van der Waals surface area contributed by atoms with Gasteiger partial charge in [-0.3, -0.25) is 4.98 Å².